The molecule has 3 unspecified atom stereocenters. The molecule has 0 spiro atoms. The molecule has 8 nitrogen and oxygen atoms in total. The Kier molecular flexibility index (Phi) is 15.4. The van der Waals surface area contributed by atoms with Gasteiger partial charge in [-0.2, -0.15) is 0 Å². The van der Waals surface area contributed by atoms with Crippen molar-refractivity contribution in [2.45, 2.75) is 39.8 Å². The second-order valence-electron chi connectivity index (χ2n) is 5.72. The highest BCUT2D eigenvalue weighted by molar-refractivity contribution is 5.81. The van der Waals surface area contributed by atoms with Gasteiger partial charge in [-0.3, -0.25) is 0 Å². The van der Waals surface area contributed by atoms with Gasteiger partial charge < -0.3 is 28.4 Å². The van der Waals surface area contributed by atoms with Crippen molar-refractivity contribution in [1.82, 2.24) is 0 Å². The zero-order valence-corrected chi connectivity index (χ0v) is 16.5. The lowest BCUT2D eigenvalue weighted by molar-refractivity contribution is -0.160. The van der Waals surface area contributed by atoms with Gasteiger partial charge in [-0.25, -0.2) is 9.59 Å². The summed E-state index contributed by atoms with van der Waals surface area (Å²) in [5.41, 5.74) is 0. The van der Waals surface area contributed by atoms with Crippen LogP contribution in [0.4, 0.5) is 0 Å². The average molecular weight is 388 g/mol. The van der Waals surface area contributed by atoms with E-state index in [-0.39, 0.29) is 38.6 Å². The first-order valence-electron chi connectivity index (χ1n) is 8.93. The van der Waals surface area contributed by atoms with Crippen molar-refractivity contribution in [3.8, 4) is 0 Å². The molecule has 0 aliphatic heterocycles. The number of hydrogen-bond donors (Lipinski definition) is 0. The molecule has 0 radical (unpaired) electrons. The minimum Gasteiger partial charge on any atom is -0.460 e. The first-order valence-corrected chi connectivity index (χ1v) is 8.93. The Hall–Kier alpha value is -1.74. The normalized spacial score (nSPS) is 14.0. The summed E-state index contributed by atoms with van der Waals surface area (Å²) < 4.78 is 31.5. The Morgan fingerprint density at radius 3 is 1.67 bits per heavy atom. The Labute approximate surface area is 161 Å². The van der Waals surface area contributed by atoms with Gasteiger partial charge >= 0.3 is 11.9 Å². The van der Waals surface area contributed by atoms with Crippen molar-refractivity contribution < 1.29 is 38.0 Å². The van der Waals surface area contributed by atoms with Gasteiger partial charge in [0, 0.05) is 12.2 Å². The molecular formula is C19H32O8. The number of carbonyl (C=O) groups excluding carboxylic acids is 2. The van der Waals surface area contributed by atoms with E-state index in [1.54, 1.807) is 13.8 Å². The van der Waals surface area contributed by atoms with E-state index in [4.69, 9.17) is 28.4 Å². The molecule has 0 aromatic heterocycles. The van der Waals surface area contributed by atoms with Gasteiger partial charge in [0.15, 0.2) is 12.6 Å². The van der Waals surface area contributed by atoms with Crippen molar-refractivity contribution in [1.29, 1.82) is 0 Å². The predicted octanol–water partition coefficient (Wildman–Crippen LogP) is 2.23. The molecule has 0 saturated heterocycles. The number of esters is 2. The molecule has 0 rings (SSSR count). The van der Waals surface area contributed by atoms with E-state index in [0.29, 0.717) is 13.2 Å². The van der Waals surface area contributed by atoms with Gasteiger partial charge in [0.2, 0.25) is 0 Å². The van der Waals surface area contributed by atoms with Crippen LogP contribution < -0.4 is 0 Å². The molecule has 0 fully saturated rings. The molecule has 0 bridgehead atoms. The summed E-state index contributed by atoms with van der Waals surface area (Å²) in [6.45, 7) is 14.1. The zero-order chi connectivity index (χ0) is 20.5. The molecule has 0 amide bonds. The van der Waals surface area contributed by atoms with Crippen LogP contribution in [0.5, 0.6) is 0 Å². The van der Waals surface area contributed by atoms with Gasteiger partial charge in [-0.05, 0) is 26.2 Å². The van der Waals surface area contributed by atoms with Crippen LogP contribution in [0, 0.1) is 5.92 Å². The topological polar surface area (TPSA) is 89.5 Å². The van der Waals surface area contributed by atoms with Crippen LogP contribution in [0.2, 0.25) is 0 Å². The first kappa shape index (κ1) is 25.3. The highest BCUT2D eigenvalue weighted by Crippen LogP contribution is 2.07. The van der Waals surface area contributed by atoms with Crippen LogP contribution in [-0.2, 0) is 38.0 Å². The Balaban J connectivity index is 3.59. The first-order chi connectivity index (χ1) is 12.9. The van der Waals surface area contributed by atoms with Gasteiger partial charge in [-0.1, -0.05) is 20.1 Å². The van der Waals surface area contributed by atoms with E-state index in [1.165, 1.54) is 0 Å². The fraction of sp³-hybridized carbons (Fsp3) is 0.684. The number of carbonyl (C=O) groups is 2. The summed E-state index contributed by atoms with van der Waals surface area (Å²) >= 11 is 0. The maximum Gasteiger partial charge on any atom is 0.330 e. The summed E-state index contributed by atoms with van der Waals surface area (Å²) in [6, 6.07) is 0. The SMILES string of the molecule is C=CC(=O)OCCOC(C)OCCC(C)COC(C)OCCOC(=O)C=C. The number of rotatable bonds is 17. The molecule has 0 heterocycles. The van der Waals surface area contributed by atoms with E-state index in [2.05, 4.69) is 13.2 Å². The molecule has 156 valence electrons. The standard InChI is InChI=1S/C19H32O8/c1-6-18(20)25-12-10-23-16(4)22-9-8-15(3)14-27-17(5)24-11-13-26-19(21)7-2/h6-7,15-17H,1-2,8-14H2,3-5H3. The second kappa shape index (κ2) is 16.4. The number of hydrogen-bond acceptors (Lipinski definition) is 8. The van der Waals surface area contributed by atoms with Crippen LogP contribution in [0.3, 0.4) is 0 Å². The quantitative estimate of drug-likeness (QED) is 0.162. The molecule has 0 aliphatic carbocycles. The van der Waals surface area contributed by atoms with Crippen LogP contribution in [0.1, 0.15) is 27.2 Å². The van der Waals surface area contributed by atoms with Gasteiger partial charge in [0.25, 0.3) is 0 Å². The summed E-state index contributed by atoms with van der Waals surface area (Å²) in [5, 5.41) is 0. The molecule has 8 heteroatoms. The Morgan fingerprint density at radius 1 is 0.741 bits per heavy atom. The second-order valence-corrected chi connectivity index (χ2v) is 5.72. The number of ether oxygens (including phenoxy) is 6. The minimum atomic E-state index is -0.475. The van der Waals surface area contributed by atoms with E-state index < -0.39 is 18.2 Å². The molecule has 0 aliphatic rings. The lowest BCUT2D eigenvalue weighted by Crippen LogP contribution is -2.22. The molecule has 27 heavy (non-hydrogen) atoms. The predicted molar refractivity (Wildman–Crippen MR) is 98.8 cm³/mol. The zero-order valence-electron chi connectivity index (χ0n) is 16.5. The summed E-state index contributed by atoms with van der Waals surface area (Å²) in [6.07, 6.45) is 2.22. The van der Waals surface area contributed by atoms with Crippen molar-refractivity contribution in [2.75, 3.05) is 39.6 Å². The van der Waals surface area contributed by atoms with Gasteiger partial charge in [-0.15, -0.1) is 0 Å². The van der Waals surface area contributed by atoms with Crippen molar-refractivity contribution in [3.05, 3.63) is 25.3 Å². The monoisotopic (exact) mass is 388 g/mol. The smallest absolute Gasteiger partial charge is 0.330 e. The van der Waals surface area contributed by atoms with Crippen molar-refractivity contribution in [3.63, 3.8) is 0 Å². The Bertz CT molecular complexity index is 437. The van der Waals surface area contributed by atoms with Crippen LogP contribution >= 0.6 is 0 Å². The maximum atomic E-state index is 10.9. The molecule has 0 aromatic carbocycles. The van der Waals surface area contributed by atoms with E-state index >= 15 is 0 Å². The molecule has 0 saturated carbocycles. The van der Waals surface area contributed by atoms with Crippen LogP contribution in [0.15, 0.2) is 25.3 Å². The fourth-order valence-electron chi connectivity index (χ4n) is 1.75. The third kappa shape index (κ3) is 16.2. The van der Waals surface area contributed by atoms with Crippen LogP contribution in [0.25, 0.3) is 0 Å². The lowest BCUT2D eigenvalue weighted by atomic mass is 10.1. The summed E-state index contributed by atoms with van der Waals surface area (Å²) in [7, 11) is 0. The van der Waals surface area contributed by atoms with Crippen LogP contribution in [-0.4, -0.2) is 64.2 Å². The van der Waals surface area contributed by atoms with E-state index in [9.17, 15) is 9.59 Å². The summed E-state index contributed by atoms with van der Waals surface area (Å²) in [5.74, 6) is -0.677. The highest BCUT2D eigenvalue weighted by Gasteiger charge is 2.09. The highest BCUT2D eigenvalue weighted by atomic mass is 16.7. The van der Waals surface area contributed by atoms with Crippen molar-refractivity contribution in [2.24, 2.45) is 5.92 Å². The molecule has 0 N–H and O–H groups in total. The molecular weight excluding hydrogens is 356 g/mol. The third-order valence-corrected chi connectivity index (χ3v) is 3.27. The third-order valence-electron chi connectivity index (χ3n) is 3.27. The van der Waals surface area contributed by atoms with E-state index in [1.807, 2.05) is 6.92 Å². The maximum absolute atomic E-state index is 10.9. The Morgan fingerprint density at radius 2 is 1.19 bits per heavy atom. The molecule has 0 aromatic rings. The summed E-state index contributed by atoms with van der Waals surface area (Å²) in [4.78, 5) is 21.7. The van der Waals surface area contributed by atoms with Crippen molar-refractivity contribution >= 4 is 11.9 Å². The van der Waals surface area contributed by atoms with Gasteiger partial charge in [0.05, 0.1) is 26.4 Å². The molecule has 3 atom stereocenters. The largest absolute Gasteiger partial charge is 0.460 e. The van der Waals surface area contributed by atoms with E-state index in [0.717, 1.165) is 18.6 Å². The minimum absolute atomic E-state index is 0.159. The fourth-order valence-corrected chi connectivity index (χ4v) is 1.75. The lowest BCUT2D eigenvalue weighted by Gasteiger charge is -2.19. The van der Waals surface area contributed by atoms with Gasteiger partial charge in [0.1, 0.15) is 13.2 Å². The average Bonchev–Trinajstić information content (AvgIpc) is 2.66.